The summed E-state index contributed by atoms with van der Waals surface area (Å²) in [6, 6.07) is 6.10. The Morgan fingerprint density at radius 2 is 1.76 bits per heavy atom. The number of piperazine rings is 1. The van der Waals surface area contributed by atoms with Crippen molar-refractivity contribution < 1.29 is 8.42 Å². The number of nitrogens with one attached hydrogen (secondary N) is 1. The normalized spacial score (nSPS) is 17.2. The molecule has 2 heterocycles. The monoisotopic (exact) mass is 363 g/mol. The maximum absolute atomic E-state index is 12.4. The highest BCUT2D eigenvalue weighted by Gasteiger charge is 2.25. The van der Waals surface area contributed by atoms with Crippen molar-refractivity contribution in [3.63, 3.8) is 0 Å². The maximum Gasteiger partial charge on any atom is 0.252 e. The van der Waals surface area contributed by atoms with Crippen LogP contribution in [-0.4, -0.2) is 54.5 Å². The molecular weight excluding hydrogens is 338 g/mol. The summed E-state index contributed by atoms with van der Waals surface area (Å²) in [5, 5.41) is 1.04. The quantitative estimate of drug-likeness (QED) is 0.896. The molecule has 1 aromatic heterocycles. The summed E-state index contributed by atoms with van der Waals surface area (Å²) in [6.07, 6.45) is 0. The number of aromatic amines is 1. The van der Waals surface area contributed by atoms with Gasteiger partial charge in [-0.25, -0.2) is 8.42 Å². The zero-order valence-electron chi connectivity index (χ0n) is 15.0. The van der Waals surface area contributed by atoms with Crippen LogP contribution in [0.5, 0.6) is 0 Å². The number of benzene rings is 1. The predicted molar refractivity (Wildman–Crippen MR) is 100 cm³/mol. The average molecular weight is 363 g/mol. The van der Waals surface area contributed by atoms with Crippen molar-refractivity contribution in [2.75, 3.05) is 31.9 Å². The number of H-pyrrole nitrogens is 1. The molecule has 0 saturated carbocycles. The standard InChI is InChI=1S/C18H25N3O3S/c1-4-25(23,24)21-7-5-20(6-8-21)12-16-11-15-10-13(2)9-14(3)17(15)19-18(16)22/h9-11H,4-8,12H2,1-3H3,(H,19,22). The SMILES string of the molecule is CCS(=O)(=O)N1CCN(Cc2cc3cc(C)cc(C)c3[nH]c2=O)CC1. The second-order valence-corrected chi connectivity index (χ2v) is 9.00. The van der Waals surface area contributed by atoms with E-state index >= 15 is 0 Å². The fraction of sp³-hybridized carbons (Fsp3) is 0.500. The molecule has 3 rings (SSSR count). The first-order valence-corrected chi connectivity index (χ1v) is 10.2. The Morgan fingerprint density at radius 1 is 1.08 bits per heavy atom. The van der Waals surface area contributed by atoms with Crippen molar-refractivity contribution in [1.29, 1.82) is 0 Å². The van der Waals surface area contributed by atoms with Crippen molar-refractivity contribution in [3.8, 4) is 0 Å². The van der Waals surface area contributed by atoms with Crippen LogP contribution >= 0.6 is 0 Å². The summed E-state index contributed by atoms with van der Waals surface area (Å²) in [5.41, 5.74) is 3.78. The molecule has 0 unspecified atom stereocenters. The lowest BCUT2D eigenvalue weighted by Gasteiger charge is -2.33. The second-order valence-electron chi connectivity index (χ2n) is 6.75. The third-order valence-electron chi connectivity index (χ3n) is 4.85. The van der Waals surface area contributed by atoms with E-state index in [1.165, 1.54) is 5.56 Å². The number of nitrogens with zero attached hydrogens (tertiary/aromatic N) is 2. The van der Waals surface area contributed by atoms with Crippen LogP contribution < -0.4 is 5.56 Å². The summed E-state index contributed by atoms with van der Waals surface area (Å²) in [7, 11) is -3.13. The molecule has 0 bridgehead atoms. The van der Waals surface area contributed by atoms with Gasteiger partial charge in [0.05, 0.1) is 11.3 Å². The summed E-state index contributed by atoms with van der Waals surface area (Å²) in [4.78, 5) is 17.6. The van der Waals surface area contributed by atoms with E-state index in [0.717, 1.165) is 22.0 Å². The van der Waals surface area contributed by atoms with Gasteiger partial charge in [-0.1, -0.05) is 11.6 Å². The van der Waals surface area contributed by atoms with E-state index in [0.29, 0.717) is 32.7 Å². The summed E-state index contributed by atoms with van der Waals surface area (Å²) >= 11 is 0. The molecule has 1 fully saturated rings. The molecule has 1 aromatic carbocycles. The number of hydrogen-bond acceptors (Lipinski definition) is 4. The predicted octanol–water partition coefficient (Wildman–Crippen LogP) is 1.61. The molecule has 1 saturated heterocycles. The Hall–Kier alpha value is -1.70. The molecule has 1 aliphatic rings. The number of aryl methyl sites for hydroxylation is 2. The van der Waals surface area contributed by atoms with Gasteiger partial charge in [0.2, 0.25) is 10.0 Å². The van der Waals surface area contributed by atoms with E-state index in [1.807, 2.05) is 19.9 Å². The Balaban J connectivity index is 1.78. The van der Waals surface area contributed by atoms with Gasteiger partial charge in [-0.3, -0.25) is 9.69 Å². The number of pyridine rings is 1. The fourth-order valence-corrected chi connectivity index (χ4v) is 4.52. The van der Waals surface area contributed by atoms with Crippen molar-refractivity contribution in [3.05, 3.63) is 45.2 Å². The molecule has 0 radical (unpaired) electrons. The van der Waals surface area contributed by atoms with Crippen LogP contribution in [-0.2, 0) is 16.6 Å². The minimum atomic E-state index is -3.13. The first-order valence-electron chi connectivity index (χ1n) is 8.63. The Bertz CT molecular complexity index is 942. The molecule has 25 heavy (non-hydrogen) atoms. The molecule has 136 valence electrons. The van der Waals surface area contributed by atoms with E-state index in [9.17, 15) is 13.2 Å². The summed E-state index contributed by atoms with van der Waals surface area (Å²) in [6.45, 7) is 8.51. The van der Waals surface area contributed by atoms with Gasteiger partial charge in [-0.05, 0) is 43.9 Å². The summed E-state index contributed by atoms with van der Waals surface area (Å²) < 4.78 is 25.4. The second kappa shape index (κ2) is 6.90. The average Bonchev–Trinajstić information content (AvgIpc) is 2.57. The number of hydrogen-bond donors (Lipinski definition) is 1. The van der Waals surface area contributed by atoms with E-state index in [2.05, 4.69) is 22.0 Å². The van der Waals surface area contributed by atoms with Crippen molar-refractivity contribution in [1.82, 2.24) is 14.2 Å². The van der Waals surface area contributed by atoms with Crippen LogP contribution in [0.25, 0.3) is 10.9 Å². The minimum absolute atomic E-state index is 0.0666. The van der Waals surface area contributed by atoms with Gasteiger partial charge in [0.25, 0.3) is 5.56 Å². The van der Waals surface area contributed by atoms with Crippen molar-refractivity contribution >= 4 is 20.9 Å². The van der Waals surface area contributed by atoms with Crippen LogP contribution in [0, 0.1) is 13.8 Å². The van der Waals surface area contributed by atoms with Crippen molar-refractivity contribution in [2.24, 2.45) is 0 Å². The van der Waals surface area contributed by atoms with Crippen LogP contribution in [0.1, 0.15) is 23.6 Å². The topological polar surface area (TPSA) is 73.5 Å². The molecule has 0 atom stereocenters. The molecule has 0 aliphatic carbocycles. The highest BCUT2D eigenvalue weighted by Crippen LogP contribution is 2.19. The zero-order chi connectivity index (χ0) is 18.2. The van der Waals surface area contributed by atoms with Gasteiger partial charge >= 0.3 is 0 Å². The maximum atomic E-state index is 12.4. The molecule has 0 spiro atoms. The van der Waals surface area contributed by atoms with E-state index in [4.69, 9.17) is 0 Å². The fourth-order valence-electron chi connectivity index (χ4n) is 3.44. The van der Waals surface area contributed by atoms with Crippen LogP contribution in [0.15, 0.2) is 23.0 Å². The molecule has 0 amide bonds. The Labute approximate surface area is 148 Å². The van der Waals surface area contributed by atoms with Crippen LogP contribution in [0.2, 0.25) is 0 Å². The Morgan fingerprint density at radius 3 is 2.40 bits per heavy atom. The van der Waals surface area contributed by atoms with Gasteiger partial charge in [0.15, 0.2) is 0 Å². The zero-order valence-corrected chi connectivity index (χ0v) is 15.8. The van der Waals surface area contributed by atoms with Gasteiger partial charge in [0.1, 0.15) is 0 Å². The summed E-state index contributed by atoms with van der Waals surface area (Å²) in [5.74, 6) is 0.135. The molecule has 6 nitrogen and oxygen atoms in total. The van der Waals surface area contributed by atoms with Crippen LogP contribution in [0.3, 0.4) is 0 Å². The highest BCUT2D eigenvalue weighted by atomic mass is 32.2. The van der Waals surface area contributed by atoms with E-state index < -0.39 is 10.0 Å². The molecular formula is C18H25N3O3S. The third kappa shape index (κ3) is 3.78. The first-order chi connectivity index (χ1) is 11.8. The van der Waals surface area contributed by atoms with Gasteiger partial charge in [0, 0.05) is 38.3 Å². The Kier molecular flexibility index (Phi) is 4.99. The molecule has 1 N–H and O–H groups in total. The number of rotatable bonds is 4. The van der Waals surface area contributed by atoms with Gasteiger partial charge < -0.3 is 4.98 Å². The largest absolute Gasteiger partial charge is 0.321 e. The van der Waals surface area contributed by atoms with Gasteiger partial charge in [-0.15, -0.1) is 0 Å². The number of fused-ring (bicyclic) bond motifs is 1. The smallest absolute Gasteiger partial charge is 0.252 e. The molecule has 2 aromatic rings. The molecule has 7 heteroatoms. The third-order valence-corrected chi connectivity index (χ3v) is 6.74. The van der Waals surface area contributed by atoms with E-state index in [1.54, 1.807) is 11.2 Å². The van der Waals surface area contributed by atoms with Crippen LogP contribution in [0.4, 0.5) is 0 Å². The highest BCUT2D eigenvalue weighted by molar-refractivity contribution is 7.89. The lowest BCUT2D eigenvalue weighted by molar-refractivity contribution is 0.181. The van der Waals surface area contributed by atoms with E-state index in [-0.39, 0.29) is 11.3 Å². The molecule has 1 aliphatic heterocycles. The minimum Gasteiger partial charge on any atom is -0.321 e. The number of sulfonamides is 1. The van der Waals surface area contributed by atoms with Gasteiger partial charge in [-0.2, -0.15) is 4.31 Å². The van der Waals surface area contributed by atoms with Crippen molar-refractivity contribution in [2.45, 2.75) is 27.3 Å². The number of aromatic nitrogens is 1. The lowest BCUT2D eigenvalue weighted by Crippen LogP contribution is -2.49. The lowest BCUT2D eigenvalue weighted by atomic mass is 10.1. The first kappa shape index (κ1) is 18.1.